The van der Waals surface area contributed by atoms with Crippen molar-refractivity contribution >= 4 is 5.91 Å². The summed E-state index contributed by atoms with van der Waals surface area (Å²) in [5.41, 5.74) is 3.93. The number of nitrogens with zero attached hydrogens (tertiary/aromatic N) is 3. The van der Waals surface area contributed by atoms with Crippen molar-refractivity contribution in [3.05, 3.63) is 105 Å². The second-order valence-electron chi connectivity index (χ2n) is 7.64. The first-order chi connectivity index (χ1) is 16.5. The van der Waals surface area contributed by atoms with Crippen LogP contribution in [0, 0.1) is 25.2 Å². The van der Waals surface area contributed by atoms with Crippen molar-refractivity contribution in [2.75, 3.05) is 0 Å². The normalized spacial score (nSPS) is 10.4. The molecule has 0 spiro atoms. The Morgan fingerprint density at radius 3 is 2.62 bits per heavy atom. The van der Waals surface area contributed by atoms with Gasteiger partial charge in [0.25, 0.3) is 11.5 Å². The van der Waals surface area contributed by atoms with Crippen LogP contribution in [0.1, 0.15) is 32.7 Å². The smallest absolute Gasteiger partial charge is 0.253 e. The van der Waals surface area contributed by atoms with Gasteiger partial charge in [-0.25, -0.2) is 9.97 Å². The van der Waals surface area contributed by atoms with Crippen molar-refractivity contribution in [2.24, 2.45) is 0 Å². The number of nitrogens with one attached hydrogen (secondary N) is 2. The summed E-state index contributed by atoms with van der Waals surface area (Å²) >= 11 is 0. The number of carbonyl (C=O) groups excluding carboxylic acids is 1. The van der Waals surface area contributed by atoms with Crippen LogP contribution in [0.15, 0.2) is 71.9 Å². The number of carbonyl (C=O) groups is 1. The third-order valence-corrected chi connectivity index (χ3v) is 5.26. The Bertz CT molecular complexity index is 1440. The minimum Gasteiger partial charge on any atom is -0.456 e. The molecular weight excluding hydrogens is 430 g/mol. The van der Waals surface area contributed by atoms with Crippen LogP contribution in [0.4, 0.5) is 0 Å². The van der Waals surface area contributed by atoms with Crippen molar-refractivity contribution in [2.45, 2.75) is 20.4 Å². The van der Waals surface area contributed by atoms with Crippen LogP contribution in [0.25, 0.3) is 11.3 Å². The predicted octanol–water partition coefficient (Wildman–Crippen LogP) is 4.04. The summed E-state index contributed by atoms with van der Waals surface area (Å²) in [6, 6.07) is 17.6. The summed E-state index contributed by atoms with van der Waals surface area (Å²) in [6.07, 6.45) is 3.03. The molecule has 1 amide bonds. The number of amides is 1. The molecule has 2 aromatic carbocycles. The molecule has 2 heterocycles. The van der Waals surface area contributed by atoms with Gasteiger partial charge in [0.1, 0.15) is 29.5 Å². The summed E-state index contributed by atoms with van der Waals surface area (Å²) in [4.78, 5) is 35.6. The third kappa shape index (κ3) is 4.84. The third-order valence-electron chi connectivity index (χ3n) is 5.26. The monoisotopic (exact) mass is 451 g/mol. The van der Waals surface area contributed by atoms with Crippen molar-refractivity contribution in [1.82, 2.24) is 20.3 Å². The molecular formula is C26H21N5O3. The van der Waals surface area contributed by atoms with Crippen molar-refractivity contribution in [3.63, 3.8) is 0 Å². The summed E-state index contributed by atoms with van der Waals surface area (Å²) in [7, 11) is 0. The highest BCUT2D eigenvalue weighted by Gasteiger charge is 2.14. The van der Waals surface area contributed by atoms with E-state index in [4.69, 9.17) is 4.74 Å². The number of rotatable bonds is 6. The summed E-state index contributed by atoms with van der Waals surface area (Å²) in [5, 5.41) is 12.5. The van der Waals surface area contributed by atoms with E-state index in [0.29, 0.717) is 39.4 Å². The van der Waals surface area contributed by atoms with Gasteiger partial charge in [0.15, 0.2) is 0 Å². The highest BCUT2D eigenvalue weighted by Crippen LogP contribution is 2.32. The Kier molecular flexibility index (Phi) is 6.46. The molecule has 4 rings (SSSR count). The Morgan fingerprint density at radius 1 is 1.15 bits per heavy atom. The molecule has 0 bridgehead atoms. The number of benzene rings is 2. The maximum atomic E-state index is 12.6. The molecule has 0 aliphatic rings. The first-order valence-corrected chi connectivity index (χ1v) is 10.5. The van der Waals surface area contributed by atoms with Crippen LogP contribution in [-0.4, -0.2) is 20.9 Å². The lowest BCUT2D eigenvalue weighted by atomic mass is 10.0. The topological polar surface area (TPSA) is 121 Å². The Balaban J connectivity index is 1.48. The predicted molar refractivity (Wildman–Crippen MR) is 126 cm³/mol. The fourth-order valence-corrected chi connectivity index (χ4v) is 3.57. The van der Waals surface area contributed by atoms with E-state index in [9.17, 15) is 14.9 Å². The zero-order chi connectivity index (χ0) is 24.1. The molecule has 34 heavy (non-hydrogen) atoms. The van der Waals surface area contributed by atoms with Gasteiger partial charge >= 0.3 is 0 Å². The van der Waals surface area contributed by atoms with Crippen molar-refractivity contribution in [1.29, 1.82) is 5.26 Å². The van der Waals surface area contributed by atoms with Crippen LogP contribution in [-0.2, 0) is 6.54 Å². The zero-order valence-electron chi connectivity index (χ0n) is 18.6. The summed E-state index contributed by atoms with van der Waals surface area (Å²) < 4.78 is 5.93. The SMILES string of the molecule is Cc1cc(C)c(CNC(=O)c2ccc(Oc3cccc(-c4ccncn4)c3C#N)cc2)c(=O)[nH]1. The van der Waals surface area contributed by atoms with Crippen LogP contribution in [0.3, 0.4) is 0 Å². The molecule has 4 aromatic rings. The number of ether oxygens (including phenoxy) is 1. The number of hydrogen-bond acceptors (Lipinski definition) is 6. The molecule has 2 N–H and O–H groups in total. The minimum atomic E-state index is -0.311. The number of pyridine rings is 1. The highest BCUT2D eigenvalue weighted by molar-refractivity contribution is 5.94. The van der Waals surface area contributed by atoms with Crippen molar-refractivity contribution in [3.8, 4) is 28.8 Å². The Hall–Kier alpha value is -4.77. The molecule has 0 radical (unpaired) electrons. The van der Waals surface area contributed by atoms with Crippen LogP contribution in [0.2, 0.25) is 0 Å². The fraction of sp³-hybridized carbons (Fsp3) is 0.115. The van der Waals surface area contributed by atoms with Gasteiger partial charge in [-0.05, 0) is 61.9 Å². The van der Waals surface area contributed by atoms with Gasteiger partial charge in [-0.15, -0.1) is 0 Å². The molecule has 8 nitrogen and oxygen atoms in total. The molecule has 0 fully saturated rings. The van der Waals surface area contributed by atoms with Gasteiger partial charge in [0.05, 0.1) is 5.69 Å². The Morgan fingerprint density at radius 2 is 1.94 bits per heavy atom. The van der Waals surface area contributed by atoms with E-state index in [1.165, 1.54) is 6.33 Å². The largest absolute Gasteiger partial charge is 0.456 e. The van der Waals surface area contributed by atoms with E-state index in [0.717, 1.165) is 11.3 Å². The quantitative estimate of drug-likeness (QED) is 0.456. The van der Waals surface area contributed by atoms with E-state index >= 15 is 0 Å². The lowest BCUT2D eigenvalue weighted by Crippen LogP contribution is -2.27. The average Bonchev–Trinajstić information content (AvgIpc) is 2.84. The highest BCUT2D eigenvalue weighted by atomic mass is 16.5. The van der Waals surface area contributed by atoms with Gasteiger partial charge in [-0.2, -0.15) is 5.26 Å². The lowest BCUT2D eigenvalue weighted by Gasteiger charge is -2.11. The van der Waals surface area contributed by atoms with E-state index in [1.54, 1.807) is 54.7 Å². The van der Waals surface area contributed by atoms with E-state index in [1.807, 2.05) is 19.9 Å². The summed E-state index contributed by atoms with van der Waals surface area (Å²) in [5.74, 6) is 0.540. The number of aryl methyl sites for hydroxylation is 2. The molecule has 2 aromatic heterocycles. The molecule has 168 valence electrons. The zero-order valence-corrected chi connectivity index (χ0v) is 18.6. The maximum absolute atomic E-state index is 12.6. The van der Waals surface area contributed by atoms with Crippen LogP contribution < -0.4 is 15.6 Å². The first-order valence-electron chi connectivity index (χ1n) is 10.5. The molecule has 0 aliphatic carbocycles. The van der Waals surface area contributed by atoms with Crippen molar-refractivity contribution < 1.29 is 9.53 Å². The van der Waals surface area contributed by atoms with Gasteiger partial charge in [-0.1, -0.05) is 12.1 Å². The minimum absolute atomic E-state index is 0.125. The average molecular weight is 451 g/mol. The standard InChI is InChI=1S/C26H21N5O3/c1-16-12-17(2)31-26(33)22(16)14-29-25(32)18-6-8-19(9-7-18)34-24-5-3-4-20(21(24)13-27)23-10-11-28-15-30-23/h3-12,15H,14H2,1-2H3,(H,29,32)(H,31,33). The molecule has 0 saturated carbocycles. The number of H-pyrrole nitrogens is 1. The number of aromatic amines is 1. The van der Waals surface area contributed by atoms with Gasteiger partial charge < -0.3 is 15.0 Å². The second kappa shape index (κ2) is 9.79. The van der Waals surface area contributed by atoms with Gasteiger partial charge in [-0.3, -0.25) is 9.59 Å². The molecule has 0 saturated heterocycles. The van der Waals surface area contributed by atoms with E-state index in [2.05, 4.69) is 26.3 Å². The molecule has 8 heteroatoms. The van der Waals surface area contributed by atoms with Gasteiger partial charge in [0, 0.05) is 35.1 Å². The maximum Gasteiger partial charge on any atom is 0.253 e. The number of aromatic nitrogens is 3. The second-order valence-corrected chi connectivity index (χ2v) is 7.64. The van der Waals surface area contributed by atoms with Gasteiger partial charge in [0.2, 0.25) is 0 Å². The van der Waals surface area contributed by atoms with E-state index < -0.39 is 0 Å². The summed E-state index contributed by atoms with van der Waals surface area (Å²) in [6.45, 7) is 3.78. The Labute approximate surface area is 195 Å². The molecule has 0 unspecified atom stereocenters. The number of hydrogen-bond donors (Lipinski definition) is 2. The fourth-order valence-electron chi connectivity index (χ4n) is 3.57. The van der Waals surface area contributed by atoms with E-state index in [-0.39, 0.29) is 18.0 Å². The molecule has 0 atom stereocenters. The lowest BCUT2D eigenvalue weighted by molar-refractivity contribution is 0.0950. The number of nitriles is 1. The van der Waals surface area contributed by atoms with Crippen LogP contribution >= 0.6 is 0 Å². The molecule has 0 aliphatic heterocycles. The van der Waals surface area contributed by atoms with Crippen LogP contribution in [0.5, 0.6) is 11.5 Å². The first kappa shape index (κ1) is 22.4.